The second-order valence-electron chi connectivity index (χ2n) is 4.89. The quantitative estimate of drug-likeness (QED) is 0.627. The Kier molecular flexibility index (Phi) is 5.16. The first-order chi connectivity index (χ1) is 10.1. The van der Waals surface area contributed by atoms with Gasteiger partial charge >= 0.3 is 0 Å². The molecule has 3 nitrogen and oxygen atoms in total. The molecule has 0 amide bonds. The fraction of sp³-hybridized carbons (Fsp3) is 0.167. The number of allylic oxidation sites excluding steroid dienone is 1. The van der Waals surface area contributed by atoms with Crippen LogP contribution in [0.3, 0.4) is 0 Å². The lowest BCUT2D eigenvalue weighted by Crippen LogP contribution is -1.94. The van der Waals surface area contributed by atoms with Crippen LogP contribution in [0.1, 0.15) is 24.0 Å². The van der Waals surface area contributed by atoms with Gasteiger partial charge in [0, 0.05) is 6.42 Å². The summed E-state index contributed by atoms with van der Waals surface area (Å²) in [7, 11) is 0. The fourth-order valence-electron chi connectivity index (χ4n) is 2.03. The molecule has 0 fully saturated rings. The number of phenols is 2. The molecule has 0 spiro atoms. The Bertz CT molecular complexity index is 630. The summed E-state index contributed by atoms with van der Waals surface area (Å²) in [5.74, 6) is -0.298. The number of rotatable bonds is 6. The van der Waals surface area contributed by atoms with Crippen LogP contribution >= 0.6 is 0 Å². The van der Waals surface area contributed by atoms with Gasteiger partial charge in [-0.2, -0.15) is 0 Å². The number of benzene rings is 2. The molecule has 0 atom stereocenters. The first-order valence-corrected chi connectivity index (χ1v) is 6.92. The van der Waals surface area contributed by atoms with E-state index in [1.165, 1.54) is 23.8 Å². The van der Waals surface area contributed by atoms with E-state index in [0.717, 1.165) is 12.8 Å². The van der Waals surface area contributed by atoms with Crippen molar-refractivity contribution in [3.63, 3.8) is 0 Å². The van der Waals surface area contributed by atoms with Crippen molar-refractivity contribution in [3.8, 4) is 11.5 Å². The molecule has 0 aliphatic heterocycles. The number of aromatic hydroxyl groups is 2. The smallest absolute Gasteiger partial charge is 0.157 e. The molecule has 0 unspecified atom stereocenters. The molecule has 2 N–H and O–H groups in total. The molecule has 21 heavy (non-hydrogen) atoms. The zero-order chi connectivity index (χ0) is 15.1. The molecular formula is C18H18O3. The van der Waals surface area contributed by atoms with Gasteiger partial charge in [-0.05, 0) is 42.2 Å². The number of hydrogen-bond donors (Lipinski definition) is 2. The number of hydrogen-bond acceptors (Lipinski definition) is 3. The molecule has 0 aromatic heterocycles. The average molecular weight is 282 g/mol. The predicted octanol–water partition coefficient (Wildman–Crippen LogP) is 3.70. The van der Waals surface area contributed by atoms with Crippen LogP contribution < -0.4 is 0 Å². The highest BCUT2D eigenvalue weighted by atomic mass is 16.3. The maximum Gasteiger partial charge on any atom is 0.157 e. The summed E-state index contributed by atoms with van der Waals surface area (Å²) in [6, 6.07) is 14.5. The summed E-state index contributed by atoms with van der Waals surface area (Å²) in [5, 5.41) is 18.6. The van der Waals surface area contributed by atoms with Crippen molar-refractivity contribution in [3.05, 3.63) is 65.7 Å². The van der Waals surface area contributed by atoms with Crippen LogP contribution in [-0.2, 0) is 11.2 Å². The van der Waals surface area contributed by atoms with Crippen molar-refractivity contribution in [1.82, 2.24) is 0 Å². The molecule has 0 bridgehead atoms. The average Bonchev–Trinajstić information content (AvgIpc) is 2.49. The van der Waals surface area contributed by atoms with Crippen LogP contribution in [0.5, 0.6) is 11.5 Å². The van der Waals surface area contributed by atoms with Gasteiger partial charge < -0.3 is 10.2 Å². The van der Waals surface area contributed by atoms with E-state index >= 15 is 0 Å². The van der Waals surface area contributed by atoms with Crippen LogP contribution in [0.2, 0.25) is 0 Å². The fourth-order valence-corrected chi connectivity index (χ4v) is 2.03. The standard InChI is InChI=1S/C18H18O3/c19-16(8-4-7-14-5-2-1-3-6-14)11-9-15-10-12-17(20)18(21)13-15/h1-3,5-6,9-13,20-21H,4,7-8H2. The molecular weight excluding hydrogens is 264 g/mol. The second-order valence-corrected chi connectivity index (χ2v) is 4.89. The molecule has 3 heteroatoms. The molecule has 0 aliphatic carbocycles. The topological polar surface area (TPSA) is 57.5 Å². The monoisotopic (exact) mass is 282 g/mol. The summed E-state index contributed by atoms with van der Waals surface area (Å²) in [4.78, 5) is 11.8. The Balaban J connectivity index is 1.81. The molecule has 0 radical (unpaired) electrons. The highest BCUT2D eigenvalue weighted by Crippen LogP contribution is 2.25. The van der Waals surface area contributed by atoms with E-state index in [0.29, 0.717) is 12.0 Å². The van der Waals surface area contributed by atoms with Gasteiger partial charge in [-0.25, -0.2) is 0 Å². The molecule has 2 aromatic rings. The van der Waals surface area contributed by atoms with Crippen LogP contribution in [0.25, 0.3) is 6.08 Å². The minimum Gasteiger partial charge on any atom is -0.504 e. The van der Waals surface area contributed by atoms with Crippen LogP contribution in [0, 0.1) is 0 Å². The number of carbonyl (C=O) groups is 1. The molecule has 0 aliphatic rings. The number of carbonyl (C=O) groups excluding carboxylic acids is 1. The van der Waals surface area contributed by atoms with Crippen molar-refractivity contribution in [2.45, 2.75) is 19.3 Å². The summed E-state index contributed by atoms with van der Waals surface area (Å²) >= 11 is 0. The van der Waals surface area contributed by atoms with Crippen LogP contribution in [0.4, 0.5) is 0 Å². The minimum absolute atomic E-state index is 0.0542. The summed E-state index contributed by atoms with van der Waals surface area (Å²) in [6.07, 6.45) is 5.35. The molecule has 2 aromatic carbocycles. The number of aryl methyl sites for hydroxylation is 1. The van der Waals surface area contributed by atoms with E-state index < -0.39 is 0 Å². The van der Waals surface area contributed by atoms with Gasteiger partial charge in [0.1, 0.15) is 0 Å². The van der Waals surface area contributed by atoms with E-state index in [-0.39, 0.29) is 17.3 Å². The molecule has 0 saturated heterocycles. The third-order valence-electron chi connectivity index (χ3n) is 3.19. The van der Waals surface area contributed by atoms with Crippen molar-refractivity contribution in [2.24, 2.45) is 0 Å². The van der Waals surface area contributed by atoms with Crippen molar-refractivity contribution < 1.29 is 15.0 Å². The van der Waals surface area contributed by atoms with Gasteiger partial charge in [-0.1, -0.05) is 42.5 Å². The van der Waals surface area contributed by atoms with Crippen LogP contribution in [0.15, 0.2) is 54.6 Å². The second kappa shape index (κ2) is 7.29. The highest BCUT2D eigenvalue weighted by Gasteiger charge is 2.00. The Labute approximate surface area is 124 Å². The Morgan fingerprint density at radius 3 is 2.48 bits per heavy atom. The summed E-state index contributed by atoms with van der Waals surface area (Å²) in [5.41, 5.74) is 1.92. The third kappa shape index (κ3) is 4.80. The third-order valence-corrected chi connectivity index (χ3v) is 3.19. The van der Waals surface area contributed by atoms with Crippen LogP contribution in [-0.4, -0.2) is 16.0 Å². The van der Waals surface area contributed by atoms with E-state index in [1.807, 2.05) is 18.2 Å². The van der Waals surface area contributed by atoms with Crippen molar-refractivity contribution in [2.75, 3.05) is 0 Å². The SMILES string of the molecule is O=C(C=Cc1ccc(O)c(O)c1)CCCc1ccccc1. The first kappa shape index (κ1) is 14.9. The van der Waals surface area contributed by atoms with Gasteiger partial charge in [0.15, 0.2) is 17.3 Å². The first-order valence-electron chi connectivity index (χ1n) is 6.92. The van der Waals surface area contributed by atoms with E-state index in [1.54, 1.807) is 12.1 Å². The molecule has 108 valence electrons. The Morgan fingerprint density at radius 2 is 1.76 bits per heavy atom. The lowest BCUT2D eigenvalue weighted by Gasteiger charge is -2.00. The van der Waals surface area contributed by atoms with Gasteiger partial charge in [-0.3, -0.25) is 4.79 Å². The van der Waals surface area contributed by atoms with Gasteiger partial charge in [0.05, 0.1) is 0 Å². The predicted molar refractivity (Wildman–Crippen MR) is 83.2 cm³/mol. The Morgan fingerprint density at radius 1 is 1.00 bits per heavy atom. The normalized spacial score (nSPS) is 10.9. The van der Waals surface area contributed by atoms with Gasteiger partial charge in [0.25, 0.3) is 0 Å². The largest absolute Gasteiger partial charge is 0.504 e. The molecule has 0 saturated carbocycles. The van der Waals surface area contributed by atoms with E-state index in [4.69, 9.17) is 0 Å². The zero-order valence-corrected chi connectivity index (χ0v) is 11.7. The van der Waals surface area contributed by atoms with Gasteiger partial charge in [0.2, 0.25) is 0 Å². The van der Waals surface area contributed by atoms with E-state index in [2.05, 4.69) is 12.1 Å². The lowest BCUT2D eigenvalue weighted by molar-refractivity contribution is -0.114. The van der Waals surface area contributed by atoms with Crippen molar-refractivity contribution in [1.29, 1.82) is 0 Å². The van der Waals surface area contributed by atoms with Gasteiger partial charge in [-0.15, -0.1) is 0 Å². The lowest BCUT2D eigenvalue weighted by atomic mass is 10.1. The number of phenolic OH excluding ortho intramolecular Hbond substituents is 2. The van der Waals surface area contributed by atoms with Crippen molar-refractivity contribution >= 4 is 11.9 Å². The summed E-state index contributed by atoms with van der Waals surface area (Å²) < 4.78 is 0. The van der Waals surface area contributed by atoms with E-state index in [9.17, 15) is 15.0 Å². The number of ketones is 1. The zero-order valence-electron chi connectivity index (χ0n) is 11.7. The maximum atomic E-state index is 11.8. The highest BCUT2D eigenvalue weighted by molar-refractivity contribution is 5.93. The molecule has 0 heterocycles. The maximum absolute atomic E-state index is 11.8. The molecule has 2 rings (SSSR count). The summed E-state index contributed by atoms with van der Waals surface area (Å²) in [6.45, 7) is 0. The minimum atomic E-state index is -0.186. The Hall–Kier alpha value is -2.55.